The highest BCUT2D eigenvalue weighted by Crippen LogP contribution is 2.41. The van der Waals surface area contributed by atoms with Crippen LogP contribution in [0.4, 0.5) is 5.69 Å². The van der Waals surface area contributed by atoms with Gasteiger partial charge in [0, 0.05) is 12.1 Å². The molecular weight excluding hydrogens is 210 g/mol. The molecule has 1 atom stereocenters. The number of nitrogens with zero attached hydrogens (tertiary/aromatic N) is 1. The zero-order valence-electron chi connectivity index (χ0n) is 10.5. The predicted molar refractivity (Wildman–Crippen MR) is 69.7 cm³/mol. The summed E-state index contributed by atoms with van der Waals surface area (Å²) < 4.78 is 0. The van der Waals surface area contributed by atoms with Gasteiger partial charge < -0.3 is 11.1 Å². The smallest absolute Gasteiger partial charge is 0.101 e. The Morgan fingerprint density at radius 1 is 1.53 bits per heavy atom. The molecule has 1 aliphatic rings. The van der Waals surface area contributed by atoms with Crippen molar-refractivity contribution < 1.29 is 0 Å². The third kappa shape index (κ3) is 2.42. The summed E-state index contributed by atoms with van der Waals surface area (Å²) in [5.74, 6) is 0.639. The summed E-state index contributed by atoms with van der Waals surface area (Å²) in [6.07, 6.45) is 2.46. The standard InChI is InChI=1S/C14H19N3/c1-10-3-6-13(11(7-10)8-15)17-14(2,9-16)12-4-5-12/h3,6-7,12,17H,4-5,9,16H2,1-2H3. The summed E-state index contributed by atoms with van der Waals surface area (Å²) >= 11 is 0. The van der Waals surface area contributed by atoms with Crippen molar-refractivity contribution in [1.82, 2.24) is 0 Å². The van der Waals surface area contributed by atoms with Gasteiger partial charge in [-0.15, -0.1) is 0 Å². The van der Waals surface area contributed by atoms with Crippen molar-refractivity contribution in [2.45, 2.75) is 32.2 Å². The lowest BCUT2D eigenvalue weighted by molar-refractivity contribution is 0.459. The number of anilines is 1. The van der Waals surface area contributed by atoms with E-state index in [0.717, 1.165) is 11.3 Å². The van der Waals surface area contributed by atoms with E-state index >= 15 is 0 Å². The second kappa shape index (κ2) is 4.38. The number of nitrogens with two attached hydrogens (primary N) is 1. The Bertz CT molecular complexity index is 457. The summed E-state index contributed by atoms with van der Waals surface area (Å²) in [4.78, 5) is 0. The van der Waals surface area contributed by atoms with Gasteiger partial charge in [0.05, 0.1) is 11.3 Å². The van der Waals surface area contributed by atoms with Gasteiger partial charge in [0.15, 0.2) is 0 Å². The molecule has 0 radical (unpaired) electrons. The SMILES string of the molecule is Cc1ccc(NC(C)(CN)C2CC2)c(C#N)c1. The highest BCUT2D eigenvalue weighted by atomic mass is 15.0. The van der Waals surface area contributed by atoms with E-state index in [2.05, 4.69) is 18.3 Å². The molecule has 1 unspecified atom stereocenters. The first-order valence-corrected chi connectivity index (χ1v) is 6.08. The van der Waals surface area contributed by atoms with Crippen LogP contribution in [0.3, 0.4) is 0 Å². The molecule has 90 valence electrons. The molecule has 0 heterocycles. The van der Waals surface area contributed by atoms with E-state index in [1.807, 2.05) is 25.1 Å². The zero-order valence-corrected chi connectivity index (χ0v) is 10.5. The summed E-state index contributed by atoms with van der Waals surface area (Å²) in [6.45, 7) is 4.73. The van der Waals surface area contributed by atoms with Crippen LogP contribution in [-0.4, -0.2) is 12.1 Å². The number of benzene rings is 1. The fourth-order valence-corrected chi connectivity index (χ4v) is 2.21. The molecule has 1 aromatic rings. The molecule has 0 amide bonds. The van der Waals surface area contributed by atoms with Gasteiger partial charge in [0.1, 0.15) is 6.07 Å². The highest BCUT2D eigenvalue weighted by molar-refractivity contribution is 5.60. The third-order valence-corrected chi connectivity index (χ3v) is 3.62. The van der Waals surface area contributed by atoms with Crippen molar-refractivity contribution in [2.24, 2.45) is 11.7 Å². The molecule has 0 saturated heterocycles. The number of hydrogen-bond acceptors (Lipinski definition) is 3. The first-order valence-electron chi connectivity index (χ1n) is 6.08. The Labute approximate surface area is 103 Å². The molecule has 1 saturated carbocycles. The number of aryl methyl sites for hydroxylation is 1. The second-order valence-electron chi connectivity index (χ2n) is 5.18. The number of rotatable bonds is 4. The fraction of sp³-hybridized carbons (Fsp3) is 0.500. The highest BCUT2D eigenvalue weighted by Gasteiger charge is 2.40. The summed E-state index contributed by atoms with van der Waals surface area (Å²) in [6, 6.07) is 8.15. The molecule has 0 bridgehead atoms. The van der Waals surface area contributed by atoms with E-state index in [9.17, 15) is 0 Å². The van der Waals surface area contributed by atoms with E-state index in [1.54, 1.807) is 0 Å². The summed E-state index contributed by atoms with van der Waals surface area (Å²) in [5.41, 5.74) is 8.49. The van der Waals surface area contributed by atoms with Gasteiger partial charge in [0.25, 0.3) is 0 Å². The van der Waals surface area contributed by atoms with Crippen molar-refractivity contribution in [2.75, 3.05) is 11.9 Å². The van der Waals surface area contributed by atoms with Gasteiger partial charge in [-0.1, -0.05) is 6.07 Å². The Kier molecular flexibility index (Phi) is 3.08. The number of nitriles is 1. The molecule has 1 aliphatic carbocycles. The van der Waals surface area contributed by atoms with Crippen LogP contribution >= 0.6 is 0 Å². The van der Waals surface area contributed by atoms with Crippen LogP contribution < -0.4 is 11.1 Å². The second-order valence-corrected chi connectivity index (χ2v) is 5.18. The summed E-state index contributed by atoms with van der Waals surface area (Å²) in [5, 5.41) is 12.6. The molecule has 3 nitrogen and oxygen atoms in total. The van der Waals surface area contributed by atoms with Crippen LogP contribution in [0.1, 0.15) is 30.9 Å². The van der Waals surface area contributed by atoms with Crippen LogP contribution in [0.25, 0.3) is 0 Å². The molecule has 0 aliphatic heterocycles. The topological polar surface area (TPSA) is 61.8 Å². The minimum Gasteiger partial charge on any atom is -0.377 e. The van der Waals surface area contributed by atoms with Crippen LogP contribution in [0.5, 0.6) is 0 Å². The monoisotopic (exact) mass is 229 g/mol. The van der Waals surface area contributed by atoms with E-state index in [1.165, 1.54) is 12.8 Å². The molecule has 0 aromatic heterocycles. The van der Waals surface area contributed by atoms with Gasteiger partial charge in [-0.2, -0.15) is 5.26 Å². The molecule has 3 N–H and O–H groups in total. The van der Waals surface area contributed by atoms with Crippen LogP contribution in [0, 0.1) is 24.2 Å². The number of nitrogens with one attached hydrogen (secondary N) is 1. The first kappa shape index (κ1) is 11.9. The maximum absolute atomic E-state index is 9.15. The Morgan fingerprint density at radius 3 is 2.76 bits per heavy atom. The molecule has 3 heteroatoms. The first-order chi connectivity index (χ1) is 8.09. The summed E-state index contributed by atoms with van der Waals surface area (Å²) in [7, 11) is 0. The van der Waals surface area contributed by atoms with Gasteiger partial charge in [-0.05, 0) is 50.3 Å². The Balaban J connectivity index is 2.26. The lowest BCUT2D eigenvalue weighted by atomic mass is 9.94. The van der Waals surface area contributed by atoms with E-state index < -0.39 is 0 Å². The zero-order chi connectivity index (χ0) is 12.5. The van der Waals surface area contributed by atoms with Gasteiger partial charge in [0.2, 0.25) is 0 Å². The molecule has 1 fully saturated rings. The third-order valence-electron chi connectivity index (χ3n) is 3.62. The van der Waals surface area contributed by atoms with Crippen molar-refractivity contribution in [3.05, 3.63) is 29.3 Å². The predicted octanol–water partition coefficient (Wildman–Crippen LogP) is 2.41. The lowest BCUT2D eigenvalue weighted by Crippen LogP contribution is -2.44. The molecule has 2 rings (SSSR count). The molecule has 1 aromatic carbocycles. The Morgan fingerprint density at radius 2 is 2.24 bits per heavy atom. The van der Waals surface area contributed by atoms with Crippen LogP contribution in [0.15, 0.2) is 18.2 Å². The fourth-order valence-electron chi connectivity index (χ4n) is 2.21. The van der Waals surface area contributed by atoms with Crippen LogP contribution in [-0.2, 0) is 0 Å². The largest absolute Gasteiger partial charge is 0.377 e. The molecular formula is C14H19N3. The van der Waals surface area contributed by atoms with Crippen molar-refractivity contribution in [1.29, 1.82) is 5.26 Å². The maximum Gasteiger partial charge on any atom is 0.101 e. The van der Waals surface area contributed by atoms with Gasteiger partial charge >= 0.3 is 0 Å². The van der Waals surface area contributed by atoms with Crippen LogP contribution in [0.2, 0.25) is 0 Å². The maximum atomic E-state index is 9.15. The molecule has 0 spiro atoms. The quantitative estimate of drug-likeness (QED) is 0.833. The minimum atomic E-state index is -0.0825. The minimum absolute atomic E-state index is 0.0825. The van der Waals surface area contributed by atoms with Crippen molar-refractivity contribution >= 4 is 5.69 Å². The van der Waals surface area contributed by atoms with Gasteiger partial charge in [-0.25, -0.2) is 0 Å². The van der Waals surface area contributed by atoms with E-state index in [-0.39, 0.29) is 5.54 Å². The van der Waals surface area contributed by atoms with Crippen molar-refractivity contribution in [3.8, 4) is 6.07 Å². The van der Waals surface area contributed by atoms with E-state index in [4.69, 9.17) is 11.0 Å². The molecule has 17 heavy (non-hydrogen) atoms. The van der Waals surface area contributed by atoms with E-state index in [0.29, 0.717) is 18.0 Å². The normalized spacial score (nSPS) is 18.2. The van der Waals surface area contributed by atoms with Crippen molar-refractivity contribution in [3.63, 3.8) is 0 Å². The van der Waals surface area contributed by atoms with Gasteiger partial charge in [-0.3, -0.25) is 0 Å². The average Bonchev–Trinajstić information content (AvgIpc) is 3.15. The Hall–Kier alpha value is -1.53. The average molecular weight is 229 g/mol. The lowest BCUT2D eigenvalue weighted by Gasteiger charge is -2.31. The number of hydrogen-bond donors (Lipinski definition) is 2.